The van der Waals surface area contributed by atoms with Gasteiger partial charge in [0, 0.05) is 42.3 Å². The zero-order chi connectivity index (χ0) is 15.6. The highest BCUT2D eigenvalue weighted by Gasteiger charge is 2.34. The summed E-state index contributed by atoms with van der Waals surface area (Å²) >= 11 is 0. The largest absolute Gasteiger partial charge is 0.326 e. The molecule has 2 aliphatic rings. The summed E-state index contributed by atoms with van der Waals surface area (Å²) < 4.78 is 1.93. The Morgan fingerprint density at radius 3 is 2.68 bits per heavy atom. The van der Waals surface area contributed by atoms with Crippen LogP contribution in [-0.2, 0) is 4.79 Å². The molecule has 4 rings (SSSR count). The lowest BCUT2D eigenvalue weighted by Gasteiger charge is -2.28. The molecular formula is C18H24Cl2N4O. The van der Waals surface area contributed by atoms with Crippen LogP contribution >= 0.6 is 24.8 Å². The van der Waals surface area contributed by atoms with Gasteiger partial charge in [-0.05, 0) is 49.8 Å². The Bertz CT molecular complexity index is 680. The van der Waals surface area contributed by atoms with E-state index in [1.54, 1.807) is 12.5 Å². The van der Waals surface area contributed by atoms with E-state index in [1.807, 2.05) is 35.0 Å². The van der Waals surface area contributed by atoms with Crippen LogP contribution in [0.1, 0.15) is 32.1 Å². The summed E-state index contributed by atoms with van der Waals surface area (Å²) in [6.07, 6.45) is 10.8. The summed E-state index contributed by atoms with van der Waals surface area (Å²) in [7, 11) is 0. The van der Waals surface area contributed by atoms with Gasteiger partial charge in [0.2, 0.25) is 5.91 Å². The first-order chi connectivity index (χ1) is 11.3. The molecule has 5 nitrogen and oxygen atoms in total. The van der Waals surface area contributed by atoms with E-state index >= 15 is 0 Å². The van der Waals surface area contributed by atoms with E-state index in [2.05, 4.69) is 15.6 Å². The van der Waals surface area contributed by atoms with Gasteiger partial charge in [0.05, 0.1) is 6.33 Å². The Hall–Kier alpha value is -1.56. The number of hydrogen-bond donors (Lipinski definition) is 2. The van der Waals surface area contributed by atoms with E-state index in [0.29, 0.717) is 24.4 Å². The smallest absolute Gasteiger partial charge is 0.224 e. The summed E-state index contributed by atoms with van der Waals surface area (Å²) in [4.78, 5) is 16.4. The predicted molar refractivity (Wildman–Crippen MR) is 104 cm³/mol. The number of nitrogens with one attached hydrogen (secondary N) is 2. The van der Waals surface area contributed by atoms with Crippen molar-refractivity contribution >= 4 is 36.4 Å². The maximum atomic E-state index is 12.4. The Balaban J connectivity index is 0.00000113. The standard InChI is InChI=1S/C18H22N4O.2ClH/c23-18(10-13-8-15-4-5-16(9-13)20-15)21-14-2-1-3-17(11-14)22-7-6-19-12-22;;/h1-3,6-7,11-13,15-16,20H,4-5,8-10H2,(H,21,23);2*1H. The lowest BCUT2D eigenvalue weighted by molar-refractivity contribution is -0.117. The van der Waals surface area contributed by atoms with Crippen LogP contribution in [0.25, 0.3) is 5.69 Å². The van der Waals surface area contributed by atoms with Gasteiger partial charge in [0.25, 0.3) is 0 Å². The monoisotopic (exact) mass is 382 g/mol. The molecule has 2 aliphatic heterocycles. The third kappa shape index (κ3) is 4.75. The molecule has 1 aromatic heterocycles. The van der Waals surface area contributed by atoms with Crippen LogP contribution < -0.4 is 10.6 Å². The number of carbonyl (C=O) groups excluding carboxylic acids is 1. The molecule has 2 atom stereocenters. The molecule has 2 fully saturated rings. The fourth-order valence-corrected chi connectivity index (χ4v) is 3.97. The van der Waals surface area contributed by atoms with E-state index in [0.717, 1.165) is 24.2 Å². The van der Waals surface area contributed by atoms with E-state index in [9.17, 15) is 4.79 Å². The second-order valence-electron chi connectivity index (χ2n) is 6.75. The number of rotatable bonds is 4. The molecule has 136 valence electrons. The number of fused-ring (bicyclic) bond motifs is 2. The van der Waals surface area contributed by atoms with Crippen LogP contribution in [0.3, 0.4) is 0 Å². The average Bonchev–Trinajstić information content (AvgIpc) is 3.17. The highest BCUT2D eigenvalue weighted by Crippen LogP contribution is 2.32. The fourth-order valence-electron chi connectivity index (χ4n) is 3.97. The van der Waals surface area contributed by atoms with Crippen LogP contribution in [0.2, 0.25) is 0 Å². The Morgan fingerprint density at radius 1 is 1.24 bits per heavy atom. The molecule has 2 unspecified atom stereocenters. The van der Waals surface area contributed by atoms with E-state index < -0.39 is 0 Å². The molecule has 0 aliphatic carbocycles. The minimum Gasteiger partial charge on any atom is -0.326 e. The molecule has 2 N–H and O–H groups in total. The molecule has 0 radical (unpaired) electrons. The number of piperidine rings is 1. The van der Waals surface area contributed by atoms with Gasteiger partial charge in [-0.1, -0.05) is 6.07 Å². The predicted octanol–water partition coefficient (Wildman–Crippen LogP) is 3.58. The molecule has 2 saturated heterocycles. The fraction of sp³-hybridized carbons (Fsp3) is 0.444. The summed E-state index contributed by atoms with van der Waals surface area (Å²) in [5.74, 6) is 0.643. The number of nitrogens with zero attached hydrogens (tertiary/aromatic N) is 2. The van der Waals surface area contributed by atoms with Gasteiger partial charge in [-0.2, -0.15) is 0 Å². The molecule has 0 spiro atoms. The van der Waals surface area contributed by atoms with E-state index in [1.165, 1.54) is 12.8 Å². The maximum absolute atomic E-state index is 12.4. The number of imidazole rings is 1. The van der Waals surface area contributed by atoms with Crippen molar-refractivity contribution in [2.75, 3.05) is 5.32 Å². The topological polar surface area (TPSA) is 59.0 Å². The number of benzene rings is 1. The van der Waals surface area contributed by atoms with E-state index in [-0.39, 0.29) is 30.7 Å². The van der Waals surface area contributed by atoms with Crippen molar-refractivity contribution in [2.45, 2.75) is 44.2 Å². The third-order valence-corrected chi connectivity index (χ3v) is 4.98. The van der Waals surface area contributed by atoms with Crippen LogP contribution in [0.5, 0.6) is 0 Å². The minimum atomic E-state index is 0. The summed E-state index contributed by atoms with van der Waals surface area (Å²) in [5, 5.41) is 6.67. The van der Waals surface area contributed by atoms with Gasteiger partial charge in [0.15, 0.2) is 0 Å². The van der Waals surface area contributed by atoms with Crippen LogP contribution in [0, 0.1) is 5.92 Å². The molecule has 2 bridgehead atoms. The van der Waals surface area contributed by atoms with Gasteiger partial charge >= 0.3 is 0 Å². The van der Waals surface area contributed by atoms with Crippen molar-refractivity contribution < 1.29 is 4.79 Å². The van der Waals surface area contributed by atoms with Crippen molar-refractivity contribution in [3.63, 3.8) is 0 Å². The van der Waals surface area contributed by atoms with Gasteiger partial charge in [-0.3, -0.25) is 4.79 Å². The SMILES string of the molecule is Cl.Cl.O=C(CC1CC2CCC(C1)N2)Nc1cccc(-n2ccnc2)c1. The van der Waals surface area contributed by atoms with Crippen molar-refractivity contribution in [3.8, 4) is 5.69 Å². The number of carbonyl (C=O) groups is 1. The van der Waals surface area contributed by atoms with Gasteiger partial charge in [-0.15, -0.1) is 24.8 Å². The summed E-state index contributed by atoms with van der Waals surface area (Å²) in [6.45, 7) is 0. The normalized spacial score (nSPS) is 24.1. The van der Waals surface area contributed by atoms with Crippen LogP contribution in [0.4, 0.5) is 5.69 Å². The Labute approximate surface area is 160 Å². The summed E-state index contributed by atoms with van der Waals surface area (Å²) in [5.41, 5.74) is 1.85. The lowest BCUT2D eigenvalue weighted by Crippen LogP contribution is -2.39. The van der Waals surface area contributed by atoms with Gasteiger partial charge < -0.3 is 15.2 Å². The quantitative estimate of drug-likeness (QED) is 0.849. The third-order valence-electron chi connectivity index (χ3n) is 4.98. The van der Waals surface area contributed by atoms with Gasteiger partial charge in [-0.25, -0.2) is 4.98 Å². The van der Waals surface area contributed by atoms with Crippen LogP contribution in [-0.4, -0.2) is 27.5 Å². The second-order valence-corrected chi connectivity index (χ2v) is 6.75. The highest BCUT2D eigenvalue weighted by molar-refractivity contribution is 5.91. The number of halogens is 2. The Morgan fingerprint density at radius 2 is 2.00 bits per heavy atom. The first-order valence-electron chi connectivity index (χ1n) is 8.40. The molecule has 1 amide bonds. The minimum absolute atomic E-state index is 0. The molecule has 0 saturated carbocycles. The molecule has 2 aromatic rings. The highest BCUT2D eigenvalue weighted by atomic mass is 35.5. The lowest BCUT2D eigenvalue weighted by atomic mass is 9.89. The molecule has 25 heavy (non-hydrogen) atoms. The number of anilines is 1. The Kier molecular flexibility index (Phi) is 6.87. The second kappa shape index (κ2) is 8.70. The first kappa shape index (κ1) is 19.8. The zero-order valence-electron chi connectivity index (χ0n) is 13.9. The molecule has 7 heteroatoms. The van der Waals surface area contributed by atoms with Crippen molar-refractivity contribution in [3.05, 3.63) is 43.0 Å². The molecule has 3 heterocycles. The van der Waals surface area contributed by atoms with Gasteiger partial charge in [0.1, 0.15) is 0 Å². The first-order valence-corrected chi connectivity index (χ1v) is 8.40. The number of hydrogen-bond acceptors (Lipinski definition) is 3. The van der Waals surface area contributed by atoms with Crippen molar-refractivity contribution in [1.29, 1.82) is 0 Å². The van der Waals surface area contributed by atoms with Crippen LogP contribution in [0.15, 0.2) is 43.0 Å². The maximum Gasteiger partial charge on any atom is 0.224 e. The van der Waals surface area contributed by atoms with Crippen molar-refractivity contribution in [1.82, 2.24) is 14.9 Å². The molecule has 1 aromatic carbocycles. The van der Waals surface area contributed by atoms with Crippen molar-refractivity contribution in [2.24, 2.45) is 5.92 Å². The average molecular weight is 383 g/mol. The molecular weight excluding hydrogens is 359 g/mol. The number of aromatic nitrogens is 2. The van der Waals surface area contributed by atoms with E-state index in [4.69, 9.17) is 0 Å². The number of amides is 1. The zero-order valence-corrected chi connectivity index (χ0v) is 15.6. The summed E-state index contributed by atoms with van der Waals surface area (Å²) in [6, 6.07) is 9.14.